The Morgan fingerprint density at radius 2 is 1.86 bits per heavy atom. The highest BCUT2D eigenvalue weighted by Gasteiger charge is 2.22. The molecule has 110 valence electrons. The third-order valence-corrected chi connectivity index (χ3v) is 5.09. The average molecular weight is 321 g/mol. The van der Waals surface area contributed by atoms with Crippen LogP contribution in [-0.4, -0.2) is 0 Å². The molecule has 1 aliphatic carbocycles. The van der Waals surface area contributed by atoms with Crippen molar-refractivity contribution in [2.45, 2.75) is 39.2 Å². The van der Waals surface area contributed by atoms with E-state index in [0.29, 0.717) is 22.6 Å². The van der Waals surface area contributed by atoms with Crippen molar-refractivity contribution in [1.82, 2.24) is 0 Å². The summed E-state index contributed by atoms with van der Waals surface area (Å²) in [6.45, 7) is 4.82. The van der Waals surface area contributed by atoms with Crippen LogP contribution in [0.3, 0.4) is 0 Å². The van der Waals surface area contributed by atoms with Gasteiger partial charge in [0, 0.05) is 15.6 Å². The van der Waals surface area contributed by atoms with Crippen molar-refractivity contribution in [1.29, 1.82) is 0 Å². The fourth-order valence-electron chi connectivity index (χ4n) is 3.04. The molecule has 0 N–H and O–H groups in total. The van der Waals surface area contributed by atoms with Crippen molar-refractivity contribution in [3.05, 3.63) is 62.6 Å². The molecule has 0 aromatic heterocycles. The van der Waals surface area contributed by atoms with Crippen LogP contribution in [-0.2, 0) is 13.0 Å². The van der Waals surface area contributed by atoms with Crippen LogP contribution < -0.4 is 4.74 Å². The molecule has 0 amide bonds. The van der Waals surface area contributed by atoms with Gasteiger partial charge in [-0.25, -0.2) is 0 Å². The molecule has 0 aliphatic heterocycles. The van der Waals surface area contributed by atoms with Gasteiger partial charge in [-0.3, -0.25) is 0 Å². The van der Waals surface area contributed by atoms with Gasteiger partial charge in [0.1, 0.15) is 12.4 Å². The predicted molar refractivity (Wildman–Crippen MR) is 88.7 cm³/mol. The molecule has 0 saturated carbocycles. The minimum absolute atomic E-state index is 0.397. The second-order valence-electron chi connectivity index (χ2n) is 5.69. The fourth-order valence-corrected chi connectivity index (χ4v) is 3.55. The first-order valence-electron chi connectivity index (χ1n) is 7.26. The standard InChI is InChI=1S/C18H18Cl2O/c1-11-6-7-14-12(2)18(9-8-13(11)14)21-10-15-16(19)4-3-5-17(15)20/h3-5,8-9,11H,6-7,10H2,1-2H3. The first-order valence-corrected chi connectivity index (χ1v) is 8.01. The van der Waals surface area contributed by atoms with Crippen molar-refractivity contribution in [2.24, 2.45) is 0 Å². The maximum absolute atomic E-state index is 6.18. The topological polar surface area (TPSA) is 9.23 Å². The van der Waals surface area contributed by atoms with Crippen LogP contribution in [0.15, 0.2) is 30.3 Å². The molecule has 1 unspecified atom stereocenters. The summed E-state index contributed by atoms with van der Waals surface area (Å²) in [6, 6.07) is 9.78. The van der Waals surface area contributed by atoms with Gasteiger partial charge in [-0.1, -0.05) is 42.3 Å². The molecule has 1 aliphatic rings. The van der Waals surface area contributed by atoms with Crippen LogP contribution in [0.2, 0.25) is 10.0 Å². The molecule has 0 radical (unpaired) electrons. The Hall–Kier alpha value is -1.18. The lowest BCUT2D eigenvalue weighted by molar-refractivity contribution is 0.304. The van der Waals surface area contributed by atoms with Crippen molar-refractivity contribution in [3.8, 4) is 5.75 Å². The summed E-state index contributed by atoms with van der Waals surface area (Å²) < 4.78 is 5.98. The highest BCUT2D eigenvalue weighted by atomic mass is 35.5. The zero-order chi connectivity index (χ0) is 15.0. The number of benzene rings is 2. The molecule has 0 saturated heterocycles. The summed E-state index contributed by atoms with van der Waals surface area (Å²) >= 11 is 12.4. The Bertz CT molecular complexity index is 659. The summed E-state index contributed by atoms with van der Waals surface area (Å²) in [5.41, 5.74) is 5.01. The Morgan fingerprint density at radius 1 is 1.14 bits per heavy atom. The van der Waals surface area contributed by atoms with Crippen molar-refractivity contribution in [3.63, 3.8) is 0 Å². The normalized spacial score (nSPS) is 16.9. The quantitative estimate of drug-likeness (QED) is 0.681. The summed E-state index contributed by atoms with van der Waals surface area (Å²) in [4.78, 5) is 0. The Balaban J connectivity index is 1.84. The van der Waals surface area contributed by atoms with E-state index in [4.69, 9.17) is 27.9 Å². The minimum atomic E-state index is 0.397. The van der Waals surface area contributed by atoms with Crippen molar-refractivity contribution >= 4 is 23.2 Å². The second kappa shape index (κ2) is 5.90. The van der Waals surface area contributed by atoms with Gasteiger partial charge in [0.05, 0.1) is 0 Å². The molecule has 21 heavy (non-hydrogen) atoms. The van der Waals surface area contributed by atoms with E-state index in [9.17, 15) is 0 Å². The number of rotatable bonds is 3. The van der Waals surface area contributed by atoms with Crippen molar-refractivity contribution < 1.29 is 4.74 Å². The largest absolute Gasteiger partial charge is 0.489 e. The van der Waals surface area contributed by atoms with E-state index in [-0.39, 0.29) is 0 Å². The van der Waals surface area contributed by atoms with Crippen LogP contribution in [0.5, 0.6) is 5.75 Å². The third kappa shape index (κ3) is 2.77. The average Bonchev–Trinajstić information content (AvgIpc) is 2.83. The van der Waals surface area contributed by atoms with E-state index in [0.717, 1.165) is 17.7 Å². The summed E-state index contributed by atoms with van der Waals surface area (Å²) in [6.07, 6.45) is 2.38. The lowest BCUT2D eigenvalue weighted by Gasteiger charge is -2.15. The Kier molecular flexibility index (Phi) is 4.14. The molecule has 2 aromatic rings. The van der Waals surface area contributed by atoms with E-state index >= 15 is 0 Å². The smallest absolute Gasteiger partial charge is 0.123 e. The molecule has 0 bridgehead atoms. The van der Waals surface area contributed by atoms with Gasteiger partial charge in [0.2, 0.25) is 0 Å². The van der Waals surface area contributed by atoms with Crippen molar-refractivity contribution in [2.75, 3.05) is 0 Å². The van der Waals surface area contributed by atoms with Crippen LogP contribution in [0, 0.1) is 6.92 Å². The number of hydrogen-bond acceptors (Lipinski definition) is 1. The molecule has 3 heteroatoms. The SMILES string of the molecule is Cc1c(OCc2c(Cl)cccc2Cl)ccc2c1CCC2C. The fraction of sp³-hybridized carbons (Fsp3) is 0.333. The lowest BCUT2D eigenvalue weighted by atomic mass is 10.00. The highest BCUT2D eigenvalue weighted by Crippen LogP contribution is 2.38. The van der Waals surface area contributed by atoms with Gasteiger partial charge < -0.3 is 4.74 Å². The van der Waals surface area contributed by atoms with E-state index in [2.05, 4.69) is 26.0 Å². The zero-order valence-electron chi connectivity index (χ0n) is 12.2. The van der Waals surface area contributed by atoms with Gasteiger partial charge in [0.15, 0.2) is 0 Å². The third-order valence-electron chi connectivity index (χ3n) is 4.38. The number of fused-ring (bicyclic) bond motifs is 1. The molecule has 1 atom stereocenters. The van der Waals surface area contributed by atoms with Gasteiger partial charge >= 0.3 is 0 Å². The monoisotopic (exact) mass is 320 g/mol. The minimum Gasteiger partial charge on any atom is -0.489 e. The van der Waals surface area contributed by atoms with Gasteiger partial charge in [-0.2, -0.15) is 0 Å². The van der Waals surface area contributed by atoms with Gasteiger partial charge in [-0.15, -0.1) is 0 Å². The lowest BCUT2D eigenvalue weighted by Crippen LogP contribution is -2.01. The second-order valence-corrected chi connectivity index (χ2v) is 6.50. The molecule has 0 heterocycles. The predicted octanol–water partition coefficient (Wildman–Crippen LogP) is 5.93. The summed E-state index contributed by atoms with van der Waals surface area (Å²) in [5, 5.41) is 1.30. The van der Waals surface area contributed by atoms with E-state index < -0.39 is 0 Å². The molecule has 1 nitrogen and oxygen atoms in total. The summed E-state index contributed by atoms with van der Waals surface area (Å²) in [7, 11) is 0. The summed E-state index contributed by atoms with van der Waals surface area (Å²) in [5.74, 6) is 1.59. The zero-order valence-corrected chi connectivity index (χ0v) is 13.8. The van der Waals surface area contributed by atoms with Crippen LogP contribution in [0.1, 0.15) is 41.5 Å². The molecule has 0 spiro atoms. The first kappa shape index (κ1) is 14.7. The van der Waals surface area contributed by atoms with Crippen LogP contribution >= 0.6 is 23.2 Å². The molecular weight excluding hydrogens is 303 g/mol. The van der Waals surface area contributed by atoms with Gasteiger partial charge in [-0.05, 0) is 60.6 Å². The van der Waals surface area contributed by atoms with E-state index in [1.165, 1.54) is 23.1 Å². The highest BCUT2D eigenvalue weighted by molar-refractivity contribution is 6.35. The molecular formula is C18H18Cl2O. The molecule has 0 fully saturated rings. The van der Waals surface area contributed by atoms with Crippen LogP contribution in [0.25, 0.3) is 0 Å². The van der Waals surface area contributed by atoms with Crippen LogP contribution in [0.4, 0.5) is 0 Å². The Morgan fingerprint density at radius 3 is 2.57 bits per heavy atom. The van der Waals surface area contributed by atoms with E-state index in [1.807, 2.05) is 18.2 Å². The molecule has 2 aromatic carbocycles. The first-order chi connectivity index (χ1) is 10.1. The molecule has 3 rings (SSSR count). The maximum Gasteiger partial charge on any atom is 0.123 e. The van der Waals surface area contributed by atoms with Gasteiger partial charge in [0.25, 0.3) is 0 Å². The Labute approximate surface area is 135 Å². The maximum atomic E-state index is 6.18. The number of ether oxygens (including phenoxy) is 1. The number of hydrogen-bond donors (Lipinski definition) is 0. The van der Waals surface area contributed by atoms with E-state index in [1.54, 1.807) is 0 Å². The number of halogens is 2.